The molecular formula is C17H29NO2. The molecule has 20 heavy (non-hydrogen) atoms. The first-order valence-electron chi connectivity index (χ1n) is 7.82. The van der Waals surface area contributed by atoms with E-state index in [0.717, 1.165) is 37.2 Å². The molecule has 1 rings (SSSR count). The summed E-state index contributed by atoms with van der Waals surface area (Å²) < 4.78 is 11.7. The Kier molecular flexibility index (Phi) is 7.45. The molecule has 0 heterocycles. The summed E-state index contributed by atoms with van der Waals surface area (Å²) in [6.45, 7) is 9.03. The predicted octanol–water partition coefficient (Wildman–Crippen LogP) is 3.93. The van der Waals surface area contributed by atoms with Crippen molar-refractivity contribution in [3.8, 4) is 11.5 Å². The molecule has 0 radical (unpaired) electrons. The maximum absolute atomic E-state index is 6.03. The molecule has 1 atom stereocenters. The van der Waals surface area contributed by atoms with Gasteiger partial charge in [0.25, 0.3) is 0 Å². The van der Waals surface area contributed by atoms with Gasteiger partial charge in [-0.3, -0.25) is 0 Å². The Morgan fingerprint density at radius 1 is 1.00 bits per heavy atom. The summed E-state index contributed by atoms with van der Waals surface area (Å²) in [4.78, 5) is 0. The first-order chi connectivity index (χ1) is 9.64. The highest BCUT2D eigenvalue weighted by Gasteiger charge is 2.12. The monoisotopic (exact) mass is 279 g/mol. The molecule has 0 saturated carbocycles. The van der Waals surface area contributed by atoms with Crippen LogP contribution in [0.4, 0.5) is 0 Å². The standard InChI is InChI=1S/C17H29NO2/c1-5-14(18)11-13-9-10-16(17(12-13)19-8-4)20-15(6-2)7-3/h9-10,12,14-15H,5-8,11,18H2,1-4H3. The predicted molar refractivity (Wildman–Crippen MR) is 84.6 cm³/mol. The van der Waals surface area contributed by atoms with E-state index in [1.807, 2.05) is 13.0 Å². The summed E-state index contributed by atoms with van der Waals surface area (Å²) in [6.07, 6.45) is 4.12. The summed E-state index contributed by atoms with van der Waals surface area (Å²) in [6, 6.07) is 6.38. The Morgan fingerprint density at radius 2 is 1.70 bits per heavy atom. The number of rotatable bonds is 9. The van der Waals surface area contributed by atoms with Crippen LogP contribution in [0.2, 0.25) is 0 Å². The van der Waals surface area contributed by atoms with Crippen LogP contribution in [0.1, 0.15) is 52.5 Å². The molecule has 0 saturated heterocycles. The SMILES string of the molecule is CCOc1cc(CC(N)CC)ccc1OC(CC)CC. The van der Waals surface area contributed by atoms with Gasteiger partial charge in [-0.2, -0.15) is 0 Å². The van der Waals surface area contributed by atoms with E-state index in [1.165, 1.54) is 5.56 Å². The minimum Gasteiger partial charge on any atom is -0.490 e. The van der Waals surface area contributed by atoms with Crippen molar-refractivity contribution < 1.29 is 9.47 Å². The normalized spacial score (nSPS) is 12.5. The van der Waals surface area contributed by atoms with Gasteiger partial charge in [0.05, 0.1) is 12.7 Å². The average Bonchev–Trinajstić information content (AvgIpc) is 2.46. The van der Waals surface area contributed by atoms with Crippen molar-refractivity contribution in [1.29, 1.82) is 0 Å². The summed E-state index contributed by atoms with van der Waals surface area (Å²) in [5, 5.41) is 0. The summed E-state index contributed by atoms with van der Waals surface area (Å²) >= 11 is 0. The summed E-state index contributed by atoms with van der Waals surface area (Å²) in [7, 11) is 0. The van der Waals surface area contributed by atoms with Crippen molar-refractivity contribution in [2.45, 2.75) is 65.5 Å². The van der Waals surface area contributed by atoms with Crippen LogP contribution >= 0.6 is 0 Å². The lowest BCUT2D eigenvalue weighted by Crippen LogP contribution is -2.21. The Morgan fingerprint density at radius 3 is 2.25 bits per heavy atom. The van der Waals surface area contributed by atoms with Gasteiger partial charge in [-0.05, 0) is 50.3 Å². The van der Waals surface area contributed by atoms with Gasteiger partial charge in [-0.1, -0.05) is 26.8 Å². The second kappa shape index (κ2) is 8.85. The number of hydrogen-bond acceptors (Lipinski definition) is 3. The molecule has 0 fully saturated rings. The molecule has 0 aliphatic rings. The van der Waals surface area contributed by atoms with Gasteiger partial charge in [-0.15, -0.1) is 0 Å². The lowest BCUT2D eigenvalue weighted by molar-refractivity contribution is 0.182. The van der Waals surface area contributed by atoms with Crippen LogP contribution in [0.5, 0.6) is 11.5 Å². The molecular weight excluding hydrogens is 250 g/mol. The van der Waals surface area contributed by atoms with Gasteiger partial charge in [0.2, 0.25) is 0 Å². The van der Waals surface area contributed by atoms with E-state index in [2.05, 4.69) is 32.9 Å². The van der Waals surface area contributed by atoms with Gasteiger partial charge in [0.15, 0.2) is 11.5 Å². The minimum absolute atomic E-state index is 0.204. The zero-order valence-electron chi connectivity index (χ0n) is 13.3. The van der Waals surface area contributed by atoms with Crippen molar-refractivity contribution >= 4 is 0 Å². The number of ether oxygens (including phenoxy) is 2. The highest BCUT2D eigenvalue weighted by atomic mass is 16.5. The van der Waals surface area contributed by atoms with Crippen LogP contribution in [-0.2, 0) is 6.42 Å². The van der Waals surface area contributed by atoms with Gasteiger partial charge < -0.3 is 15.2 Å². The first kappa shape index (κ1) is 16.8. The summed E-state index contributed by atoms with van der Waals surface area (Å²) in [5.74, 6) is 1.68. The minimum atomic E-state index is 0.204. The second-order valence-corrected chi connectivity index (χ2v) is 5.14. The molecule has 0 bridgehead atoms. The Balaban J connectivity index is 2.88. The van der Waals surface area contributed by atoms with Crippen molar-refractivity contribution in [2.24, 2.45) is 5.73 Å². The largest absolute Gasteiger partial charge is 0.490 e. The Hall–Kier alpha value is -1.22. The highest BCUT2D eigenvalue weighted by molar-refractivity contribution is 5.43. The molecule has 0 spiro atoms. The van der Waals surface area contributed by atoms with Crippen molar-refractivity contribution in [1.82, 2.24) is 0 Å². The lowest BCUT2D eigenvalue weighted by Gasteiger charge is -2.19. The van der Waals surface area contributed by atoms with Gasteiger partial charge >= 0.3 is 0 Å². The first-order valence-corrected chi connectivity index (χ1v) is 7.82. The molecule has 114 valence electrons. The quantitative estimate of drug-likeness (QED) is 0.745. The molecule has 3 nitrogen and oxygen atoms in total. The van der Waals surface area contributed by atoms with Crippen LogP contribution in [0.25, 0.3) is 0 Å². The third-order valence-corrected chi connectivity index (χ3v) is 3.53. The van der Waals surface area contributed by atoms with E-state index in [9.17, 15) is 0 Å². The van der Waals surface area contributed by atoms with Crippen molar-refractivity contribution in [2.75, 3.05) is 6.61 Å². The Bertz CT molecular complexity index is 389. The van der Waals surface area contributed by atoms with Crippen LogP contribution in [0.3, 0.4) is 0 Å². The lowest BCUT2D eigenvalue weighted by atomic mass is 10.0. The third kappa shape index (κ3) is 5.04. The van der Waals surface area contributed by atoms with Crippen LogP contribution < -0.4 is 15.2 Å². The zero-order valence-corrected chi connectivity index (χ0v) is 13.3. The van der Waals surface area contributed by atoms with Crippen LogP contribution in [-0.4, -0.2) is 18.8 Å². The molecule has 3 heteroatoms. The zero-order chi connectivity index (χ0) is 15.0. The van der Waals surface area contributed by atoms with E-state index in [4.69, 9.17) is 15.2 Å². The molecule has 2 N–H and O–H groups in total. The van der Waals surface area contributed by atoms with E-state index in [0.29, 0.717) is 6.61 Å². The molecule has 0 aliphatic heterocycles. The molecule has 1 aromatic rings. The van der Waals surface area contributed by atoms with Crippen LogP contribution in [0, 0.1) is 0 Å². The fraction of sp³-hybridized carbons (Fsp3) is 0.647. The van der Waals surface area contributed by atoms with E-state index in [-0.39, 0.29) is 12.1 Å². The fourth-order valence-electron chi connectivity index (χ4n) is 2.13. The number of benzene rings is 1. The fourth-order valence-corrected chi connectivity index (χ4v) is 2.13. The van der Waals surface area contributed by atoms with E-state index >= 15 is 0 Å². The maximum Gasteiger partial charge on any atom is 0.161 e. The Labute approximate surface area is 123 Å². The third-order valence-electron chi connectivity index (χ3n) is 3.53. The maximum atomic E-state index is 6.03. The molecule has 0 amide bonds. The number of nitrogens with two attached hydrogens (primary N) is 1. The smallest absolute Gasteiger partial charge is 0.161 e. The second-order valence-electron chi connectivity index (χ2n) is 5.14. The molecule has 1 aromatic carbocycles. The topological polar surface area (TPSA) is 44.5 Å². The van der Waals surface area contributed by atoms with Crippen molar-refractivity contribution in [3.05, 3.63) is 23.8 Å². The van der Waals surface area contributed by atoms with Crippen molar-refractivity contribution in [3.63, 3.8) is 0 Å². The van der Waals surface area contributed by atoms with Crippen LogP contribution in [0.15, 0.2) is 18.2 Å². The molecule has 0 aromatic heterocycles. The van der Waals surface area contributed by atoms with Gasteiger partial charge in [0, 0.05) is 6.04 Å². The van der Waals surface area contributed by atoms with Gasteiger partial charge in [-0.25, -0.2) is 0 Å². The number of hydrogen-bond donors (Lipinski definition) is 1. The van der Waals surface area contributed by atoms with E-state index < -0.39 is 0 Å². The highest BCUT2D eigenvalue weighted by Crippen LogP contribution is 2.30. The van der Waals surface area contributed by atoms with E-state index in [1.54, 1.807) is 0 Å². The average molecular weight is 279 g/mol. The summed E-state index contributed by atoms with van der Waals surface area (Å²) in [5.41, 5.74) is 7.23. The van der Waals surface area contributed by atoms with Gasteiger partial charge in [0.1, 0.15) is 0 Å². The molecule has 1 unspecified atom stereocenters. The molecule has 0 aliphatic carbocycles.